The third-order valence-corrected chi connectivity index (χ3v) is 4.97. The van der Waals surface area contributed by atoms with Crippen LogP contribution >= 0.6 is 15.9 Å². The van der Waals surface area contributed by atoms with Crippen molar-refractivity contribution < 1.29 is 18.9 Å². The third-order valence-electron chi connectivity index (χ3n) is 4.28. The molecule has 2 aromatic carbocycles. The summed E-state index contributed by atoms with van der Waals surface area (Å²) in [6, 6.07) is 16.2. The molecule has 0 spiro atoms. The molecule has 0 fully saturated rings. The molecular weight excluding hydrogens is 454 g/mol. The molecule has 0 aliphatic carbocycles. The Labute approximate surface area is 178 Å². The number of carbonyl (C=O) groups excluding carboxylic acids is 1. The second kappa shape index (κ2) is 8.34. The van der Waals surface area contributed by atoms with Crippen LogP contribution in [-0.4, -0.2) is 15.8 Å². The van der Waals surface area contributed by atoms with Crippen molar-refractivity contribution in [1.82, 2.24) is 4.98 Å². The highest BCUT2D eigenvalue weighted by atomic mass is 79.9. The number of nitro benzene ring substituents is 1. The standard InChI is InChI=1S/C21H14BrN3O5/c22-17-8-9-18(20-16(17)2-1-11-23-20)24-21(26)19-10-7-15(30-19)12-29-14-5-3-13(4-6-14)25(27)28/h1-11H,12H2,(H,24,26). The lowest BCUT2D eigenvalue weighted by Crippen LogP contribution is -2.11. The predicted octanol–water partition coefficient (Wildman–Crippen LogP) is 5.33. The minimum atomic E-state index is -0.481. The number of nitrogens with one attached hydrogen (secondary N) is 1. The van der Waals surface area contributed by atoms with Crippen LogP contribution in [0.1, 0.15) is 16.3 Å². The van der Waals surface area contributed by atoms with Crippen LogP contribution in [0.4, 0.5) is 11.4 Å². The van der Waals surface area contributed by atoms with E-state index in [1.54, 1.807) is 24.4 Å². The number of nitrogens with zero attached hydrogens (tertiary/aromatic N) is 2. The van der Waals surface area contributed by atoms with Crippen LogP contribution in [0.25, 0.3) is 10.9 Å². The number of benzene rings is 2. The lowest BCUT2D eigenvalue weighted by Gasteiger charge is -2.08. The SMILES string of the molecule is O=C(Nc1ccc(Br)c2cccnc12)c1ccc(COc2ccc([N+](=O)[O-])cc2)o1. The molecular formula is C21H14BrN3O5. The fourth-order valence-electron chi connectivity index (χ4n) is 2.82. The average molecular weight is 468 g/mol. The van der Waals surface area contributed by atoms with Crippen molar-refractivity contribution in [3.05, 3.63) is 93.0 Å². The first-order valence-electron chi connectivity index (χ1n) is 8.82. The van der Waals surface area contributed by atoms with E-state index < -0.39 is 10.8 Å². The first kappa shape index (κ1) is 19.6. The predicted molar refractivity (Wildman–Crippen MR) is 114 cm³/mol. The Morgan fingerprint density at radius 2 is 1.93 bits per heavy atom. The van der Waals surface area contributed by atoms with E-state index >= 15 is 0 Å². The van der Waals surface area contributed by atoms with E-state index in [1.165, 1.54) is 24.3 Å². The number of non-ortho nitro benzene ring substituents is 1. The van der Waals surface area contributed by atoms with Gasteiger partial charge in [0.1, 0.15) is 18.1 Å². The van der Waals surface area contributed by atoms with Gasteiger partial charge < -0.3 is 14.5 Å². The molecule has 0 saturated carbocycles. The number of halogens is 1. The summed E-state index contributed by atoms with van der Waals surface area (Å²) in [5, 5.41) is 14.4. The number of aromatic nitrogens is 1. The highest BCUT2D eigenvalue weighted by Gasteiger charge is 2.15. The zero-order valence-corrected chi connectivity index (χ0v) is 17.0. The van der Waals surface area contributed by atoms with Crippen LogP contribution in [0.5, 0.6) is 5.75 Å². The molecule has 0 aliphatic heterocycles. The van der Waals surface area contributed by atoms with Crippen molar-refractivity contribution >= 4 is 44.1 Å². The lowest BCUT2D eigenvalue weighted by molar-refractivity contribution is -0.384. The van der Waals surface area contributed by atoms with E-state index in [2.05, 4.69) is 26.2 Å². The molecule has 8 nitrogen and oxygen atoms in total. The van der Waals surface area contributed by atoms with Gasteiger partial charge in [-0.25, -0.2) is 0 Å². The molecule has 4 rings (SSSR count). The third kappa shape index (κ3) is 4.15. The molecule has 2 aromatic heterocycles. The number of ether oxygens (including phenoxy) is 1. The second-order valence-electron chi connectivity index (χ2n) is 6.25. The number of fused-ring (bicyclic) bond motifs is 1. The highest BCUT2D eigenvalue weighted by Crippen LogP contribution is 2.28. The van der Waals surface area contributed by atoms with Gasteiger partial charge in [-0.05, 0) is 42.5 Å². The van der Waals surface area contributed by atoms with Gasteiger partial charge in [0.15, 0.2) is 5.76 Å². The summed E-state index contributed by atoms with van der Waals surface area (Å²) >= 11 is 3.47. The summed E-state index contributed by atoms with van der Waals surface area (Å²) in [6.07, 6.45) is 1.66. The van der Waals surface area contributed by atoms with Crippen molar-refractivity contribution in [3.8, 4) is 5.75 Å². The summed E-state index contributed by atoms with van der Waals surface area (Å²) in [4.78, 5) is 27.1. The van der Waals surface area contributed by atoms with Crippen LogP contribution in [0.2, 0.25) is 0 Å². The number of pyridine rings is 1. The van der Waals surface area contributed by atoms with Crippen molar-refractivity contribution in [1.29, 1.82) is 0 Å². The first-order valence-corrected chi connectivity index (χ1v) is 9.61. The zero-order chi connectivity index (χ0) is 21.1. The molecule has 0 radical (unpaired) electrons. The number of furan rings is 1. The maximum atomic E-state index is 12.6. The van der Waals surface area contributed by atoms with Gasteiger partial charge in [-0.1, -0.05) is 22.0 Å². The summed E-state index contributed by atoms with van der Waals surface area (Å²) < 4.78 is 12.0. The largest absolute Gasteiger partial charge is 0.486 e. The van der Waals surface area contributed by atoms with Gasteiger partial charge in [0.2, 0.25) is 0 Å². The van der Waals surface area contributed by atoms with Crippen molar-refractivity contribution in [2.75, 3.05) is 5.32 Å². The maximum Gasteiger partial charge on any atom is 0.291 e. The van der Waals surface area contributed by atoms with Gasteiger partial charge in [-0.3, -0.25) is 19.9 Å². The van der Waals surface area contributed by atoms with Gasteiger partial charge in [0, 0.05) is 28.2 Å². The number of carbonyl (C=O) groups is 1. The van der Waals surface area contributed by atoms with Gasteiger partial charge in [-0.2, -0.15) is 0 Å². The number of hydrogen-bond acceptors (Lipinski definition) is 6. The van der Waals surface area contributed by atoms with E-state index in [0.29, 0.717) is 22.7 Å². The van der Waals surface area contributed by atoms with Crippen LogP contribution in [-0.2, 0) is 6.61 Å². The summed E-state index contributed by atoms with van der Waals surface area (Å²) in [5.74, 6) is 0.614. The van der Waals surface area contributed by atoms with Crippen LogP contribution in [0, 0.1) is 10.1 Å². The molecule has 1 amide bonds. The molecule has 0 saturated heterocycles. The van der Waals surface area contributed by atoms with Crippen molar-refractivity contribution in [3.63, 3.8) is 0 Å². The van der Waals surface area contributed by atoms with Gasteiger partial charge in [0.25, 0.3) is 11.6 Å². The Hall–Kier alpha value is -3.72. The fraction of sp³-hybridized carbons (Fsp3) is 0.0476. The van der Waals surface area contributed by atoms with E-state index in [9.17, 15) is 14.9 Å². The Bertz CT molecular complexity index is 1240. The van der Waals surface area contributed by atoms with Crippen LogP contribution < -0.4 is 10.1 Å². The Balaban J connectivity index is 1.43. The molecule has 4 aromatic rings. The minimum Gasteiger partial charge on any atom is -0.486 e. The molecule has 30 heavy (non-hydrogen) atoms. The molecule has 0 aliphatic rings. The molecule has 1 N–H and O–H groups in total. The fourth-order valence-corrected chi connectivity index (χ4v) is 3.27. The van der Waals surface area contributed by atoms with Gasteiger partial charge in [0.05, 0.1) is 16.1 Å². The van der Waals surface area contributed by atoms with Crippen molar-refractivity contribution in [2.24, 2.45) is 0 Å². The number of rotatable bonds is 6. The zero-order valence-electron chi connectivity index (χ0n) is 15.4. The number of amides is 1. The molecule has 150 valence electrons. The van der Waals surface area contributed by atoms with E-state index in [4.69, 9.17) is 9.15 Å². The average Bonchev–Trinajstić information content (AvgIpc) is 3.24. The van der Waals surface area contributed by atoms with Gasteiger partial charge >= 0.3 is 0 Å². The normalized spacial score (nSPS) is 10.7. The van der Waals surface area contributed by atoms with E-state index in [-0.39, 0.29) is 18.1 Å². The highest BCUT2D eigenvalue weighted by molar-refractivity contribution is 9.10. The Morgan fingerprint density at radius 3 is 2.70 bits per heavy atom. The summed E-state index contributed by atoms with van der Waals surface area (Å²) in [6.45, 7) is 0.0772. The lowest BCUT2D eigenvalue weighted by atomic mass is 10.2. The quantitative estimate of drug-likeness (QED) is 0.303. The minimum absolute atomic E-state index is 0.0192. The molecule has 0 bridgehead atoms. The topological polar surface area (TPSA) is 108 Å². The van der Waals surface area contributed by atoms with Crippen LogP contribution in [0.3, 0.4) is 0 Å². The molecule has 0 atom stereocenters. The number of anilines is 1. The smallest absolute Gasteiger partial charge is 0.291 e. The van der Waals surface area contributed by atoms with Crippen LogP contribution in [0.15, 0.2) is 75.8 Å². The van der Waals surface area contributed by atoms with Crippen molar-refractivity contribution in [2.45, 2.75) is 6.61 Å². The monoisotopic (exact) mass is 467 g/mol. The van der Waals surface area contributed by atoms with Gasteiger partial charge in [-0.15, -0.1) is 0 Å². The number of hydrogen-bond donors (Lipinski definition) is 1. The van der Waals surface area contributed by atoms with E-state index in [1.807, 2.05) is 18.2 Å². The molecule has 9 heteroatoms. The van der Waals surface area contributed by atoms with E-state index in [0.717, 1.165) is 9.86 Å². The Kier molecular flexibility index (Phi) is 5.44. The summed E-state index contributed by atoms with van der Waals surface area (Å²) in [5.41, 5.74) is 1.21. The molecule has 0 unspecified atom stereocenters. The number of nitro groups is 1. The first-order chi connectivity index (χ1) is 14.5. The summed E-state index contributed by atoms with van der Waals surface area (Å²) in [7, 11) is 0. The molecule has 2 heterocycles. The maximum absolute atomic E-state index is 12.6. The second-order valence-corrected chi connectivity index (χ2v) is 7.11. The Morgan fingerprint density at radius 1 is 1.13 bits per heavy atom.